The van der Waals surface area contributed by atoms with Crippen molar-refractivity contribution in [2.24, 2.45) is 0 Å². The molecule has 0 aliphatic carbocycles. The first-order valence-electron chi connectivity index (χ1n) is 6.60. The number of carbonyl (C=O) groups excluding carboxylic acids is 3. The van der Waals surface area contributed by atoms with Gasteiger partial charge in [0.1, 0.15) is 0 Å². The molecule has 2 saturated heterocycles. The topological polar surface area (TPSA) is 57.7 Å². The first kappa shape index (κ1) is 13.1. The molecule has 5 heteroatoms. The van der Waals surface area contributed by atoms with Gasteiger partial charge in [-0.1, -0.05) is 0 Å². The summed E-state index contributed by atoms with van der Waals surface area (Å²) >= 11 is 0. The third-order valence-corrected chi connectivity index (χ3v) is 3.94. The van der Waals surface area contributed by atoms with E-state index in [4.69, 9.17) is 0 Å². The molecule has 100 valence electrons. The predicted molar refractivity (Wildman–Crippen MR) is 66.2 cm³/mol. The minimum absolute atomic E-state index is 0.0411. The Balaban J connectivity index is 2.11. The van der Waals surface area contributed by atoms with E-state index in [0.29, 0.717) is 13.1 Å². The molecule has 0 N–H and O–H groups in total. The van der Waals surface area contributed by atoms with Crippen LogP contribution in [0.4, 0.5) is 4.79 Å². The molecular weight excluding hydrogens is 232 g/mol. The lowest BCUT2D eigenvalue weighted by molar-refractivity contribution is -0.121. The summed E-state index contributed by atoms with van der Waals surface area (Å²) in [5.74, 6) is 0.0823. The van der Waals surface area contributed by atoms with Crippen LogP contribution in [0.1, 0.15) is 39.5 Å². The van der Waals surface area contributed by atoms with E-state index in [2.05, 4.69) is 0 Å². The molecule has 2 atom stereocenters. The lowest BCUT2D eigenvalue weighted by Gasteiger charge is -2.31. The van der Waals surface area contributed by atoms with Crippen molar-refractivity contribution >= 4 is 17.6 Å². The van der Waals surface area contributed by atoms with Crippen LogP contribution in [0.25, 0.3) is 0 Å². The van der Waals surface area contributed by atoms with Crippen molar-refractivity contribution in [3.8, 4) is 0 Å². The molecular formula is C13H20N2O3. The number of hydrogen-bond donors (Lipinski definition) is 0. The second-order valence-corrected chi connectivity index (χ2v) is 5.21. The van der Waals surface area contributed by atoms with Gasteiger partial charge in [-0.3, -0.25) is 9.59 Å². The van der Waals surface area contributed by atoms with Gasteiger partial charge in [0.05, 0.1) is 12.1 Å². The fraction of sp³-hybridized carbons (Fsp3) is 0.769. The fourth-order valence-electron chi connectivity index (χ4n) is 3.00. The lowest BCUT2D eigenvalue weighted by Crippen LogP contribution is -2.50. The van der Waals surface area contributed by atoms with Gasteiger partial charge in [0.15, 0.2) is 11.6 Å². The standard InChI is InChI=1S/C13H20N2O3/c1-9(16)11-5-3-7-14(11)13(18)15-8-4-6-12(15)10(2)17/h11-12H,3-8H2,1-2H3. The first-order chi connectivity index (χ1) is 8.52. The number of nitrogens with zero attached hydrogens (tertiary/aromatic N) is 2. The molecule has 0 radical (unpaired) electrons. The highest BCUT2D eigenvalue weighted by Crippen LogP contribution is 2.25. The summed E-state index contributed by atoms with van der Waals surface area (Å²) < 4.78 is 0. The van der Waals surface area contributed by atoms with Crippen LogP contribution in [0.5, 0.6) is 0 Å². The van der Waals surface area contributed by atoms with Crippen LogP contribution in [-0.2, 0) is 9.59 Å². The van der Waals surface area contributed by atoms with Crippen molar-refractivity contribution in [3.05, 3.63) is 0 Å². The number of hydrogen-bond acceptors (Lipinski definition) is 3. The number of Topliss-reactive ketones (excluding diaryl/α,β-unsaturated/α-hetero) is 2. The van der Waals surface area contributed by atoms with E-state index in [1.807, 2.05) is 0 Å². The van der Waals surface area contributed by atoms with Crippen LogP contribution in [0.3, 0.4) is 0 Å². The Morgan fingerprint density at radius 1 is 0.833 bits per heavy atom. The van der Waals surface area contributed by atoms with Gasteiger partial charge >= 0.3 is 6.03 Å². The summed E-state index contributed by atoms with van der Waals surface area (Å²) in [6.45, 7) is 4.32. The van der Waals surface area contributed by atoms with Gasteiger partial charge in [-0.25, -0.2) is 4.79 Å². The van der Waals surface area contributed by atoms with Gasteiger partial charge in [0, 0.05) is 13.1 Å². The van der Waals surface area contributed by atoms with Crippen molar-refractivity contribution in [1.82, 2.24) is 9.80 Å². The van der Waals surface area contributed by atoms with Gasteiger partial charge in [-0.2, -0.15) is 0 Å². The van der Waals surface area contributed by atoms with Gasteiger partial charge < -0.3 is 9.80 Å². The van der Waals surface area contributed by atoms with Crippen LogP contribution in [0.2, 0.25) is 0 Å². The number of urea groups is 1. The molecule has 5 nitrogen and oxygen atoms in total. The molecule has 0 aromatic rings. The molecule has 2 heterocycles. The zero-order valence-electron chi connectivity index (χ0n) is 11.0. The van der Waals surface area contributed by atoms with Crippen LogP contribution >= 0.6 is 0 Å². The van der Waals surface area contributed by atoms with Crippen molar-refractivity contribution in [3.63, 3.8) is 0 Å². The van der Waals surface area contributed by atoms with Gasteiger partial charge in [0.25, 0.3) is 0 Å². The Hall–Kier alpha value is -1.39. The average molecular weight is 252 g/mol. The average Bonchev–Trinajstić information content (AvgIpc) is 2.97. The molecule has 2 aliphatic rings. The summed E-state index contributed by atoms with van der Waals surface area (Å²) in [4.78, 5) is 38.7. The lowest BCUT2D eigenvalue weighted by atomic mass is 10.1. The summed E-state index contributed by atoms with van der Waals surface area (Å²) in [6.07, 6.45) is 3.24. The summed E-state index contributed by atoms with van der Waals surface area (Å²) in [5.41, 5.74) is 0. The molecule has 0 bridgehead atoms. The fourth-order valence-corrected chi connectivity index (χ4v) is 3.00. The normalized spacial score (nSPS) is 27.7. The molecule has 2 unspecified atom stereocenters. The molecule has 0 aromatic heterocycles. The minimum atomic E-state index is -0.286. The highest BCUT2D eigenvalue weighted by atomic mass is 16.2. The second kappa shape index (κ2) is 5.08. The molecule has 2 aliphatic heterocycles. The van der Waals surface area contributed by atoms with Crippen LogP contribution in [-0.4, -0.2) is 52.6 Å². The molecule has 0 spiro atoms. The first-order valence-corrected chi connectivity index (χ1v) is 6.60. The summed E-state index contributed by atoms with van der Waals surface area (Å²) in [6, 6.07) is -0.707. The van der Waals surface area contributed by atoms with E-state index in [-0.39, 0.29) is 29.7 Å². The number of likely N-dealkylation sites (tertiary alicyclic amines) is 2. The number of carbonyl (C=O) groups is 3. The maximum Gasteiger partial charge on any atom is 0.321 e. The van der Waals surface area contributed by atoms with Gasteiger partial charge in [0.2, 0.25) is 0 Å². The highest BCUT2D eigenvalue weighted by Gasteiger charge is 2.39. The summed E-state index contributed by atoms with van der Waals surface area (Å²) in [7, 11) is 0. The van der Waals surface area contributed by atoms with E-state index in [0.717, 1.165) is 25.7 Å². The summed E-state index contributed by atoms with van der Waals surface area (Å²) in [5, 5.41) is 0. The predicted octanol–water partition coefficient (Wildman–Crippen LogP) is 1.21. The largest absolute Gasteiger partial charge is 0.321 e. The molecule has 2 rings (SSSR count). The Bertz CT molecular complexity index is 346. The van der Waals surface area contributed by atoms with Crippen LogP contribution in [0, 0.1) is 0 Å². The van der Waals surface area contributed by atoms with Gasteiger partial charge in [-0.05, 0) is 39.5 Å². The highest BCUT2D eigenvalue weighted by molar-refractivity contribution is 5.91. The number of rotatable bonds is 2. The van der Waals surface area contributed by atoms with E-state index in [1.165, 1.54) is 13.8 Å². The third-order valence-electron chi connectivity index (χ3n) is 3.94. The third kappa shape index (κ3) is 2.26. The van der Waals surface area contributed by atoms with E-state index < -0.39 is 0 Å². The maximum absolute atomic E-state index is 12.4. The van der Waals surface area contributed by atoms with Crippen LogP contribution in [0.15, 0.2) is 0 Å². The molecule has 0 aromatic carbocycles. The van der Waals surface area contributed by atoms with Crippen molar-refractivity contribution in [1.29, 1.82) is 0 Å². The number of amides is 2. The Morgan fingerprint density at radius 2 is 1.22 bits per heavy atom. The quantitative estimate of drug-likeness (QED) is 0.742. The van der Waals surface area contributed by atoms with E-state index in [1.54, 1.807) is 9.80 Å². The maximum atomic E-state index is 12.4. The zero-order chi connectivity index (χ0) is 13.3. The smallest absolute Gasteiger partial charge is 0.315 e. The molecule has 2 amide bonds. The number of ketones is 2. The monoisotopic (exact) mass is 252 g/mol. The van der Waals surface area contributed by atoms with Crippen molar-refractivity contribution in [2.45, 2.75) is 51.6 Å². The van der Waals surface area contributed by atoms with Crippen molar-refractivity contribution in [2.75, 3.05) is 13.1 Å². The van der Waals surface area contributed by atoms with E-state index >= 15 is 0 Å². The second-order valence-electron chi connectivity index (χ2n) is 5.21. The Morgan fingerprint density at radius 3 is 1.56 bits per heavy atom. The molecule has 2 fully saturated rings. The van der Waals surface area contributed by atoms with Crippen LogP contribution < -0.4 is 0 Å². The minimum Gasteiger partial charge on any atom is -0.315 e. The Labute approximate surface area is 107 Å². The Kier molecular flexibility index (Phi) is 3.68. The molecule has 0 saturated carbocycles. The molecule has 18 heavy (non-hydrogen) atoms. The van der Waals surface area contributed by atoms with Crippen molar-refractivity contribution < 1.29 is 14.4 Å². The SMILES string of the molecule is CC(=O)C1CCCN1C(=O)N1CCCC1C(C)=O. The van der Waals surface area contributed by atoms with Gasteiger partial charge in [-0.15, -0.1) is 0 Å². The van der Waals surface area contributed by atoms with E-state index in [9.17, 15) is 14.4 Å². The zero-order valence-corrected chi connectivity index (χ0v) is 11.0.